The highest BCUT2D eigenvalue weighted by Gasteiger charge is 2.23. The molecule has 1 aliphatic heterocycles. The lowest BCUT2D eigenvalue weighted by Gasteiger charge is -2.32. The van der Waals surface area contributed by atoms with Crippen LogP contribution < -0.4 is 5.73 Å². The maximum atomic E-state index is 11.5. The molecule has 1 atom stereocenters. The highest BCUT2D eigenvalue weighted by molar-refractivity contribution is 5.75. The third-order valence-corrected chi connectivity index (χ3v) is 3.62. The number of hydrogen-bond acceptors (Lipinski definition) is 3. The third kappa shape index (κ3) is 2.18. The second-order valence-electron chi connectivity index (χ2n) is 4.90. The minimum Gasteiger partial charge on any atom is -0.398 e. The van der Waals surface area contributed by atoms with E-state index in [0.717, 1.165) is 17.4 Å². The number of carbonyl (C=O) groups excluding carboxylic acids is 1. The number of benzene rings is 2. The highest BCUT2D eigenvalue weighted by Crippen LogP contribution is 2.33. The minimum atomic E-state index is -0.279. The molecule has 1 unspecified atom stereocenters. The number of carbonyl (C=O) groups is 1. The molecule has 2 aromatic carbocycles. The Labute approximate surface area is 118 Å². The SMILES string of the molecule is Nc1cccc2c1C=CN(Cc1ccccc1)C2C=O. The van der Waals surface area contributed by atoms with Crippen molar-refractivity contribution in [2.24, 2.45) is 0 Å². The lowest BCUT2D eigenvalue weighted by molar-refractivity contribution is -0.112. The van der Waals surface area contributed by atoms with Gasteiger partial charge in [-0.2, -0.15) is 0 Å². The van der Waals surface area contributed by atoms with E-state index in [1.165, 1.54) is 5.56 Å². The average Bonchev–Trinajstić information content (AvgIpc) is 2.48. The zero-order valence-corrected chi connectivity index (χ0v) is 11.1. The van der Waals surface area contributed by atoms with Crippen LogP contribution in [0.25, 0.3) is 6.08 Å². The number of hydrogen-bond donors (Lipinski definition) is 1. The normalized spacial score (nSPS) is 16.8. The summed E-state index contributed by atoms with van der Waals surface area (Å²) in [6, 6.07) is 15.6. The first kappa shape index (κ1) is 12.5. The molecular formula is C17H16N2O. The number of nitrogens with zero attached hydrogens (tertiary/aromatic N) is 1. The summed E-state index contributed by atoms with van der Waals surface area (Å²) in [5.74, 6) is 0. The van der Waals surface area contributed by atoms with Gasteiger partial charge in [0.25, 0.3) is 0 Å². The van der Waals surface area contributed by atoms with Crippen molar-refractivity contribution >= 4 is 18.0 Å². The van der Waals surface area contributed by atoms with E-state index in [1.54, 1.807) is 0 Å². The Morgan fingerprint density at radius 3 is 2.65 bits per heavy atom. The number of rotatable bonds is 3. The van der Waals surface area contributed by atoms with Gasteiger partial charge in [-0.1, -0.05) is 42.5 Å². The molecule has 3 nitrogen and oxygen atoms in total. The van der Waals surface area contributed by atoms with Gasteiger partial charge < -0.3 is 15.4 Å². The molecule has 0 spiro atoms. The molecule has 20 heavy (non-hydrogen) atoms. The van der Waals surface area contributed by atoms with Crippen LogP contribution in [0.2, 0.25) is 0 Å². The lowest BCUT2D eigenvalue weighted by Crippen LogP contribution is -2.27. The second kappa shape index (κ2) is 5.21. The monoisotopic (exact) mass is 264 g/mol. The first-order valence-electron chi connectivity index (χ1n) is 6.61. The van der Waals surface area contributed by atoms with Crippen LogP contribution >= 0.6 is 0 Å². The van der Waals surface area contributed by atoms with Crippen molar-refractivity contribution in [2.75, 3.05) is 5.73 Å². The molecule has 0 saturated carbocycles. The third-order valence-electron chi connectivity index (χ3n) is 3.62. The van der Waals surface area contributed by atoms with Crippen molar-refractivity contribution < 1.29 is 4.79 Å². The quantitative estimate of drug-likeness (QED) is 0.684. The first-order valence-corrected chi connectivity index (χ1v) is 6.61. The smallest absolute Gasteiger partial charge is 0.147 e. The molecule has 0 fully saturated rings. The minimum absolute atomic E-state index is 0.279. The van der Waals surface area contributed by atoms with Crippen LogP contribution in [-0.4, -0.2) is 11.2 Å². The summed E-state index contributed by atoms with van der Waals surface area (Å²) >= 11 is 0. The van der Waals surface area contributed by atoms with Crippen LogP contribution in [0.4, 0.5) is 5.69 Å². The summed E-state index contributed by atoms with van der Waals surface area (Å²) in [6.45, 7) is 0.703. The second-order valence-corrected chi connectivity index (χ2v) is 4.90. The molecule has 3 rings (SSSR count). The van der Waals surface area contributed by atoms with E-state index in [2.05, 4.69) is 12.1 Å². The van der Waals surface area contributed by atoms with Gasteiger partial charge in [0.05, 0.1) is 0 Å². The Morgan fingerprint density at radius 2 is 1.90 bits per heavy atom. The van der Waals surface area contributed by atoms with Gasteiger partial charge in [-0.15, -0.1) is 0 Å². The first-order chi connectivity index (χ1) is 9.79. The summed E-state index contributed by atoms with van der Waals surface area (Å²) in [7, 11) is 0. The summed E-state index contributed by atoms with van der Waals surface area (Å²) < 4.78 is 0. The van der Waals surface area contributed by atoms with Gasteiger partial charge in [-0.05, 0) is 23.3 Å². The molecular weight excluding hydrogens is 248 g/mol. The Morgan fingerprint density at radius 1 is 1.10 bits per heavy atom. The number of nitrogen functional groups attached to an aromatic ring is 1. The Kier molecular flexibility index (Phi) is 3.25. The van der Waals surface area contributed by atoms with E-state index in [0.29, 0.717) is 12.2 Å². The van der Waals surface area contributed by atoms with Gasteiger partial charge in [0.2, 0.25) is 0 Å². The van der Waals surface area contributed by atoms with Gasteiger partial charge in [-0.3, -0.25) is 0 Å². The van der Waals surface area contributed by atoms with Gasteiger partial charge in [0, 0.05) is 24.0 Å². The molecule has 100 valence electrons. The maximum Gasteiger partial charge on any atom is 0.147 e. The van der Waals surface area contributed by atoms with Crippen LogP contribution in [0.1, 0.15) is 22.7 Å². The predicted molar refractivity (Wildman–Crippen MR) is 80.7 cm³/mol. The largest absolute Gasteiger partial charge is 0.398 e. The number of fused-ring (bicyclic) bond motifs is 1. The molecule has 0 saturated heterocycles. The van der Waals surface area contributed by atoms with Crippen molar-refractivity contribution in [3.05, 3.63) is 71.4 Å². The number of aldehydes is 1. The number of anilines is 1. The Bertz CT molecular complexity index is 649. The fourth-order valence-electron chi connectivity index (χ4n) is 2.59. The number of nitrogens with two attached hydrogens (primary N) is 1. The average molecular weight is 264 g/mol. The van der Waals surface area contributed by atoms with Gasteiger partial charge in [-0.25, -0.2) is 0 Å². The van der Waals surface area contributed by atoms with Crippen molar-refractivity contribution in [1.29, 1.82) is 0 Å². The lowest BCUT2D eigenvalue weighted by atomic mass is 9.95. The van der Waals surface area contributed by atoms with Crippen molar-refractivity contribution in [3.63, 3.8) is 0 Å². The summed E-state index contributed by atoms with van der Waals surface area (Å²) in [5, 5.41) is 0. The van der Waals surface area contributed by atoms with Gasteiger partial charge in [0.15, 0.2) is 0 Å². The van der Waals surface area contributed by atoms with Crippen LogP contribution in [0, 0.1) is 0 Å². The molecule has 1 heterocycles. The molecule has 0 amide bonds. The Balaban J connectivity index is 1.94. The van der Waals surface area contributed by atoms with Crippen LogP contribution in [0.15, 0.2) is 54.7 Å². The van der Waals surface area contributed by atoms with Crippen LogP contribution in [0.3, 0.4) is 0 Å². The molecule has 3 heteroatoms. The molecule has 2 aromatic rings. The summed E-state index contributed by atoms with van der Waals surface area (Å²) in [6.07, 6.45) is 4.91. The topological polar surface area (TPSA) is 46.3 Å². The van der Waals surface area contributed by atoms with E-state index in [9.17, 15) is 4.79 Å². The van der Waals surface area contributed by atoms with Gasteiger partial charge in [0.1, 0.15) is 12.3 Å². The predicted octanol–water partition coefficient (Wildman–Crippen LogP) is 3.00. The maximum absolute atomic E-state index is 11.5. The van der Waals surface area contributed by atoms with E-state index in [4.69, 9.17) is 5.73 Å². The molecule has 0 bridgehead atoms. The van der Waals surface area contributed by atoms with E-state index in [1.807, 2.05) is 53.6 Å². The van der Waals surface area contributed by atoms with E-state index in [-0.39, 0.29) is 6.04 Å². The molecule has 0 radical (unpaired) electrons. The van der Waals surface area contributed by atoms with Gasteiger partial charge >= 0.3 is 0 Å². The standard InChI is InChI=1S/C17H16N2O/c18-16-8-4-7-15-14(16)9-10-19(17(15)12-20)11-13-5-2-1-3-6-13/h1-10,12,17H,11,18H2. The van der Waals surface area contributed by atoms with Crippen LogP contribution in [-0.2, 0) is 11.3 Å². The fraction of sp³-hybridized carbons (Fsp3) is 0.118. The fourth-order valence-corrected chi connectivity index (χ4v) is 2.59. The summed E-state index contributed by atoms with van der Waals surface area (Å²) in [4.78, 5) is 13.6. The van der Waals surface area contributed by atoms with E-state index < -0.39 is 0 Å². The highest BCUT2D eigenvalue weighted by atomic mass is 16.1. The summed E-state index contributed by atoms with van der Waals surface area (Å²) in [5.41, 5.74) is 9.78. The zero-order chi connectivity index (χ0) is 13.9. The van der Waals surface area contributed by atoms with Crippen molar-refractivity contribution in [2.45, 2.75) is 12.6 Å². The van der Waals surface area contributed by atoms with Crippen LogP contribution in [0.5, 0.6) is 0 Å². The molecule has 0 aliphatic carbocycles. The molecule has 0 aromatic heterocycles. The van der Waals surface area contributed by atoms with E-state index >= 15 is 0 Å². The zero-order valence-electron chi connectivity index (χ0n) is 11.1. The Hall–Kier alpha value is -2.55. The van der Waals surface area contributed by atoms with Crippen molar-refractivity contribution in [3.8, 4) is 0 Å². The van der Waals surface area contributed by atoms with Crippen molar-refractivity contribution in [1.82, 2.24) is 4.90 Å². The molecule has 2 N–H and O–H groups in total. The molecule has 1 aliphatic rings.